The van der Waals surface area contributed by atoms with Crippen LogP contribution < -0.4 is 5.32 Å². The van der Waals surface area contributed by atoms with Crippen LogP contribution in [0.5, 0.6) is 5.75 Å². The number of hydrogen-bond acceptors (Lipinski definition) is 3. The number of phenolic OH excluding ortho intramolecular Hbond substituents is 1. The second-order valence-corrected chi connectivity index (χ2v) is 5.79. The van der Waals surface area contributed by atoms with Crippen molar-refractivity contribution in [2.24, 2.45) is 0 Å². The van der Waals surface area contributed by atoms with Gasteiger partial charge in [-0.25, -0.2) is 0 Å². The Kier molecular flexibility index (Phi) is 6.20. The summed E-state index contributed by atoms with van der Waals surface area (Å²) < 4.78 is 0. The van der Waals surface area contributed by atoms with E-state index in [2.05, 4.69) is 17.2 Å². The lowest BCUT2D eigenvalue weighted by molar-refractivity contribution is -0.117. The number of phenols is 1. The number of benzene rings is 1. The molecular weight excluding hydrogens is 292 g/mol. The molecule has 0 saturated carbocycles. The topological polar surface area (TPSA) is 82.2 Å². The summed E-state index contributed by atoms with van der Waals surface area (Å²) in [5.74, 6) is -1.10. The van der Waals surface area contributed by atoms with Crippen LogP contribution in [0, 0.1) is 0 Å². The minimum Gasteiger partial charge on any atom is -0.508 e. The van der Waals surface area contributed by atoms with Gasteiger partial charge in [-0.15, -0.1) is 0 Å². The van der Waals surface area contributed by atoms with E-state index in [0.29, 0.717) is 11.9 Å². The normalized spacial score (nSPS) is 10.8. The second kappa shape index (κ2) is 8.36. The van der Waals surface area contributed by atoms with Gasteiger partial charge in [0.25, 0.3) is 11.7 Å². The van der Waals surface area contributed by atoms with Crippen LogP contribution in [0.3, 0.4) is 0 Å². The summed E-state index contributed by atoms with van der Waals surface area (Å²) in [5.41, 5.74) is 1.01. The fourth-order valence-corrected chi connectivity index (χ4v) is 2.61. The molecule has 0 bridgehead atoms. The van der Waals surface area contributed by atoms with Crippen molar-refractivity contribution in [3.05, 3.63) is 30.0 Å². The number of carbonyl (C=O) groups is 2. The summed E-state index contributed by atoms with van der Waals surface area (Å²) in [4.78, 5) is 27.1. The van der Waals surface area contributed by atoms with Crippen LogP contribution in [0.4, 0.5) is 0 Å². The molecular formula is C18H24N2O3. The maximum Gasteiger partial charge on any atom is 0.292 e. The minimum absolute atomic E-state index is 0.0682. The van der Waals surface area contributed by atoms with Crippen molar-refractivity contribution in [2.75, 3.05) is 6.54 Å². The summed E-state index contributed by atoms with van der Waals surface area (Å²) in [6.07, 6.45) is 8.31. The molecule has 0 fully saturated rings. The smallest absolute Gasteiger partial charge is 0.292 e. The first-order valence-electron chi connectivity index (χ1n) is 8.26. The number of aromatic nitrogens is 1. The van der Waals surface area contributed by atoms with Gasteiger partial charge < -0.3 is 15.4 Å². The standard InChI is InChI=1S/C18H24N2O3/c1-2-3-4-5-6-7-10-19-18(23)17(22)15-12-20-16-9-8-13(21)11-14(15)16/h8-9,11-12,20-21H,2-7,10H2,1H3,(H,19,23). The minimum atomic E-state index is -0.595. The van der Waals surface area contributed by atoms with Crippen LogP contribution >= 0.6 is 0 Å². The maximum absolute atomic E-state index is 12.2. The van der Waals surface area contributed by atoms with Gasteiger partial charge in [-0.3, -0.25) is 9.59 Å². The van der Waals surface area contributed by atoms with Crippen LogP contribution in [0.15, 0.2) is 24.4 Å². The van der Waals surface area contributed by atoms with Gasteiger partial charge >= 0.3 is 0 Å². The molecule has 1 aromatic carbocycles. The number of H-pyrrole nitrogens is 1. The van der Waals surface area contributed by atoms with Crippen molar-refractivity contribution in [3.8, 4) is 5.75 Å². The number of aromatic hydroxyl groups is 1. The summed E-state index contributed by atoms with van der Waals surface area (Å²) in [6, 6.07) is 4.70. The van der Waals surface area contributed by atoms with Gasteiger partial charge in [0.15, 0.2) is 0 Å². The molecule has 0 aliphatic rings. The third-order valence-electron chi connectivity index (χ3n) is 3.93. The maximum atomic E-state index is 12.2. The zero-order valence-electron chi connectivity index (χ0n) is 13.5. The molecule has 0 spiro atoms. The highest BCUT2D eigenvalue weighted by Crippen LogP contribution is 2.23. The average molecular weight is 316 g/mol. The van der Waals surface area contributed by atoms with Crippen molar-refractivity contribution in [3.63, 3.8) is 0 Å². The lowest BCUT2D eigenvalue weighted by Gasteiger charge is -2.04. The third kappa shape index (κ3) is 4.58. The number of carbonyl (C=O) groups excluding carboxylic acids is 2. The SMILES string of the molecule is CCCCCCCCNC(=O)C(=O)c1c[nH]c2ccc(O)cc12. The Balaban J connectivity index is 1.84. The molecule has 5 heteroatoms. The number of hydrogen-bond donors (Lipinski definition) is 3. The monoisotopic (exact) mass is 316 g/mol. The lowest BCUT2D eigenvalue weighted by atomic mass is 10.1. The molecule has 0 aliphatic carbocycles. The van der Waals surface area contributed by atoms with E-state index in [1.807, 2.05) is 0 Å². The molecule has 23 heavy (non-hydrogen) atoms. The van der Waals surface area contributed by atoms with Crippen molar-refractivity contribution in [1.82, 2.24) is 10.3 Å². The number of Topliss-reactive ketones (excluding diaryl/α,β-unsaturated/α-hetero) is 1. The Labute approximate surface area is 136 Å². The number of rotatable bonds is 9. The molecule has 1 heterocycles. The first kappa shape index (κ1) is 17.1. The average Bonchev–Trinajstić information content (AvgIpc) is 2.96. The van der Waals surface area contributed by atoms with Gasteiger partial charge in [0.1, 0.15) is 5.75 Å². The van der Waals surface area contributed by atoms with E-state index in [4.69, 9.17) is 0 Å². The van der Waals surface area contributed by atoms with Gasteiger partial charge in [-0.05, 0) is 24.6 Å². The number of amides is 1. The van der Waals surface area contributed by atoms with E-state index in [0.717, 1.165) is 18.4 Å². The third-order valence-corrected chi connectivity index (χ3v) is 3.93. The molecule has 0 saturated heterocycles. The fraction of sp³-hybridized carbons (Fsp3) is 0.444. The number of nitrogens with one attached hydrogen (secondary N) is 2. The van der Waals surface area contributed by atoms with Crippen LogP contribution in [-0.2, 0) is 4.79 Å². The molecule has 0 aliphatic heterocycles. The van der Waals surface area contributed by atoms with Crippen LogP contribution in [0.2, 0.25) is 0 Å². The van der Waals surface area contributed by atoms with Gasteiger partial charge in [0.2, 0.25) is 0 Å². The van der Waals surface area contributed by atoms with Crippen LogP contribution in [-0.4, -0.2) is 28.3 Å². The second-order valence-electron chi connectivity index (χ2n) is 5.79. The van der Waals surface area contributed by atoms with Crippen LogP contribution in [0.1, 0.15) is 55.8 Å². The largest absolute Gasteiger partial charge is 0.508 e. The Morgan fingerprint density at radius 3 is 2.65 bits per heavy atom. The van der Waals surface area contributed by atoms with Crippen LogP contribution in [0.25, 0.3) is 10.9 Å². The van der Waals surface area contributed by atoms with Gasteiger partial charge in [-0.2, -0.15) is 0 Å². The molecule has 5 nitrogen and oxygen atoms in total. The lowest BCUT2D eigenvalue weighted by Crippen LogP contribution is -2.31. The van der Waals surface area contributed by atoms with E-state index in [9.17, 15) is 14.7 Å². The van der Waals surface area contributed by atoms with E-state index < -0.39 is 11.7 Å². The number of unbranched alkanes of at least 4 members (excludes halogenated alkanes) is 5. The van der Waals surface area contributed by atoms with Gasteiger partial charge in [0.05, 0.1) is 5.56 Å². The van der Waals surface area contributed by atoms with Gasteiger partial charge in [0, 0.05) is 23.6 Å². The van der Waals surface area contributed by atoms with Gasteiger partial charge in [-0.1, -0.05) is 39.0 Å². The molecule has 1 aromatic heterocycles. The quantitative estimate of drug-likeness (QED) is 0.376. The Morgan fingerprint density at radius 1 is 1.13 bits per heavy atom. The van der Waals surface area contributed by atoms with E-state index in [-0.39, 0.29) is 11.3 Å². The van der Waals surface area contributed by atoms with Crippen molar-refractivity contribution in [2.45, 2.75) is 45.4 Å². The molecule has 2 aromatic rings. The Hall–Kier alpha value is -2.30. The zero-order valence-corrected chi connectivity index (χ0v) is 13.5. The molecule has 124 valence electrons. The molecule has 3 N–H and O–H groups in total. The van der Waals surface area contributed by atoms with E-state index in [1.54, 1.807) is 6.07 Å². The van der Waals surface area contributed by atoms with E-state index in [1.165, 1.54) is 44.0 Å². The number of fused-ring (bicyclic) bond motifs is 1. The number of ketones is 1. The first-order valence-corrected chi connectivity index (χ1v) is 8.26. The fourth-order valence-electron chi connectivity index (χ4n) is 2.61. The molecule has 1 amide bonds. The highest BCUT2D eigenvalue weighted by molar-refractivity contribution is 6.44. The Morgan fingerprint density at radius 2 is 1.87 bits per heavy atom. The highest BCUT2D eigenvalue weighted by atomic mass is 16.3. The predicted octanol–water partition coefficient (Wildman–Crippen LogP) is 3.53. The van der Waals surface area contributed by atoms with Crippen molar-refractivity contribution < 1.29 is 14.7 Å². The molecule has 0 radical (unpaired) electrons. The summed E-state index contributed by atoms with van der Waals surface area (Å²) in [6.45, 7) is 2.70. The summed E-state index contributed by atoms with van der Waals surface area (Å²) >= 11 is 0. The Bertz CT molecular complexity index is 676. The summed E-state index contributed by atoms with van der Waals surface area (Å²) in [5, 5.41) is 12.8. The first-order chi connectivity index (χ1) is 11.1. The molecule has 2 rings (SSSR count). The highest BCUT2D eigenvalue weighted by Gasteiger charge is 2.19. The van der Waals surface area contributed by atoms with Crippen molar-refractivity contribution in [1.29, 1.82) is 0 Å². The van der Waals surface area contributed by atoms with E-state index >= 15 is 0 Å². The number of aromatic amines is 1. The predicted molar refractivity (Wildman–Crippen MR) is 90.7 cm³/mol. The van der Waals surface area contributed by atoms with Crippen molar-refractivity contribution >= 4 is 22.6 Å². The summed E-state index contributed by atoms with van der Waals surface area (Å²) in [7, 11) is 0. The molecule has 0 unspecified atom stereocenters. The molecule has 0 atom stereocenters. The zero-order chi connectivity index (χ0) is 16.7.